The summed E-state index contributed by atoms with van der Waals surface area (Å²) in [5, 5.41) is 3.64. The number of carbonyl (C=O) groups is 1. The Labute approximate surface area is 151 Å². The maximum Gasteiger partial charge on any atom is 0.256 e. The summed E-state index contributed by atoms with van der Waals surface area (Å²) in [5.74, 6) is 0.761. The second-order valence-electron chi connectivity index (χ2n) is 5.94. The lowest BCUT2D eigenvalue weighted by Gasteiger charge is -2.29. The molecule has 1 N–H and O–H groups in total. The molecule has 0 radical (unpaired) electrons. The topological polar surface area (TPSA) is 73.3 Å². The molecule has 2 aromatic heterocycles. The van der Waals surface area contributed by atoms with Crippen LogP contribution in [-0.4, -0.2) is 35.1 Å². The second-order valence-corrected chi connectivity index (χ2v) is 6.38. The molecule has 1 saturated carbocycles. The van der Waals surface area contributed by atoms with Gasteiger partial charge < -0.3 is 14.8 Å². The summed E-state index contributed by atoms with van der Waals surface area (Å²) in [6, 6.07) is 7.08. The molecular weight excluding hydrogens is 342 g/mol. The van der Waals surface area contributed by atoms with Crippen molar-refractivity contribution in [3.8, 4) is 11.8 Å². The van der Waals surface area contributed by atoms with Gasteiger partial charge in [0.15, 0.2) is 0 Å². The molecule has 3 rings (SSSR count). The molecule has 132 valence electrons. The van der Waals surface area contributed by atoms with Crippen LogP contribution in [0.2, 0.25) is 5.02 Å². The van der Waals surface area contributed by atoms with Crippen molar-refractivity contribution in [1.29, 1.82) is 0 Å². The van der Waals surface area contributed by atoms with E-state index in [1.165, 1.54) is 7.11 Å². The zero-order chi connectivity index (χ0) is 17.6. The summed E-state index contributed by atoms with van der Waals surface area (Å²) in [5.41, 5.74) is 0.453. The Morgan fingerprint density at radius 2 is 2.00 bits per heavy atom. The normalized spacial score (nSPS) is 19.9. The first-order valence-electron chi connectivity index (χ1n) is 8.24. The van der Waals surface area contributed by atoms with Gasteiger partial charge in [-0.25, -0.2) is 9.97 Å². The molecule has 6 nitrogen and oxygen atoms in total. The minimum Gasteiger partial charge on any atom is -0.480 e. The van der Waals surface area contributed by atoms with Crippen LogP contribution < -0.4 is 14.8 Å². The SMILES string of the molecule is COc1ncccc1C(=O)NC1CCC(Oc2ccc(Cl)cn2)CC1. The molecule has 1 amide bonds. The van der Waals surface area contributed by atoms with Crippen LogP contribution >= 0.6 is 11.6 Å². The standard InChI is InChI=1S/C18H20ClN3O3/c1-24-18-15(3-2-10-20-18)17(23)22-13-5-7-14(8-6-13)25-16-9-4-12(19)11-21-16/h2-4,9-11,13-14H,5-8H2,1H3,(H,22,23). The molecule has 7 heteroatoms. The lowest BCUT2D eigenvalue weighted by molar-refractivity contribution is 0.0886. The fraction of sp³-hybridized carbons (Fsp3) is 0.389. The molecule has 0 bridgehead atoms. The molecule has 0 aliphatic heterocycles. The van der Waals surface area contributed by atoms with Crippen molar-refractivity contribution >= 4 is 17.5 Å². The van der Waals surface area contributed by atoms with Gasteiger partial charge in [0.05, 0.1) is 12.1 Å². The minimum absolute atomic E-state index is 0.106. The Kier molecular flexibility index (Phi) is 5.71. The van der Waals surface area contributed by atoms with E-state index in [4.69, 9.17) is 21.1 Å². The zero-order valence-corrected chi connectivity index (χ0v) is 14.7. The van der Waals surface area contributed by atoms with E-state index in [2.05, 4.69) is 15.3 Å². The Balaban J connectivity index is 1.50. The van der Waals surface area contributed by atoms with Crippen LogP contribution in [0, 0.1) is 0 Å². The number of methoxy groups -OCH3 is 1. The van der Waals surface area contributed by atoms with E-state index in [-0.39, 0.29) is 18.1 Å². The Morgan fingerprint density at radius 3 is 2.68 bits per heavy atom. The molecular formula is C18H20ClN3O3. The number of rotatable bonds is 5. The Morgan fingerprint density at radius 1 is 1.20 bits per heavy atom. The molecule has 0 aromatic carbocycles. The van der Waals surface area contributed by atoms with Crippen molar-refractivity contribution in [3.05, 3.63) is 47.2 Å². The first-order chi connectivity index (χ1) is 12.2. The molecule has 2 heterocycles. The Hall–Kier alpha value is -2.34. The van der Waals surface area contributed by atoms with E-state index in [0.29, 0.717) is 22.3 Å². The predicted molar refractivity (Wildman–Crippen MR) is 94.2 cm³/mol. The number of carbonyl (C=O) groups excluding carboxylic acids is 1. The van der Waals surface area contributed by atoms with Crippen molar-refractivity contribution in [2.75, 3.05) is 7.11 Å². The quantitative estimate of drug-likeness (QED) is 0.884. The summed E-state index contributed by atoms with van der Waals surface area (Å²) < 4.78 is 11.0. The maximum absolute atomic E-state index is 12.4. The van der Waals surface area contributed by atoms with Gasteiger partial charge in [-0.15, -0.1) is 0 Å². The van der Waals surface area contributed by atoms with E-state index in [1.54, 1.807) is 36.7 Å². The highest BCUT2D eigenvalue weighted by Gasteiger charge is 2.25. The Bertz CT molecular complexity index is 716. The third kappa shape index (κ3) is 4.60. The number of hydrogen-bond donors (Lipinski definition) is 1. The number of aromatic nitrogens is 2. The van der Waals surface area contributed by atoms with Crippen molar-refractivity contribution < 1.29 is 14.3 Å². The highest BCUT2D eigenvalue weighted by molar-refractivity contribution is 6.30. The summed E-state index contributed by atoms with van der Waals surface area (Å²) in [7, 11) is 1.51. The largest absolute Gasteiger partial charge is 0.480 e. The van der Waals surface area contributed by atoms with Gasteiger partial charge in [-0.3, -0.25) is 4.79 Å². The fourth-order valence-corrected chi connectivity index (χ4v) is 3.03. The van der Waals surface area contributed by atoms with Crippen LogP contribution in [0.25, 0.3) is 0 Å². The highest BCUT2D eigenvalue weighted by atomic mass is 35.5. The molecule has 25 heavy (non-hydrogen) atoms. The van der Waals surface area contributed by atoms with E-state index in [9.17, 15) is 4.79 Å². The summed E-state index contributed by atoms with van der Waals surface area (Å²) >= 11 is 5.82. The molecule has 1 fully saturated rings. The number of hydrogen-bond acceptors (Lipinski definition) is 5. The smallest absolute Gasteiger partial charge is 0.256 e. The van der Waals surface area contributed by atoms with Gasteiger partial charge in [-0.1, -0.05) is 11.6 Å². The van der Waals surface area contributed by atoms with Gasteiger partial charge >= 0.3 is 0 Å². The van der Waals surface area contributed by atoms with E-state index < -0.39 is 0 Å². The van der Waals surface area contributed by atoms with Crippen molar-refractivity contribution in [2.45, 2.75) is 37.8 Å². The lowest BCUT2D eigenvalue weighted by Crippen LogP contribution is -2.39. The molecule has 0 saturated heterocycles. The molecule has 2 aromatic rings. The van der Waals surface area contributed by atoms with E-state index >= 15 is 0 Å². The van der Waals surface area contributed by atoms with Gasteiger partial charge in [0.2, 0.25) is 11.8 Å². The van der Waals surface area contributed by atoms with Gasteiger partial charge in [0.25, 0.3) is 5.91 Å². The monoisotopic (exact) mass is 361 g/mol. The predicted octanol–water partition coefficient (Wildman–Crippen LogP) is 3.26. The third-order valence-corrected chi connectivity index (χ3v) is 4.43. The number of nitrogens with zero attached hydrogens (tertiary/aromatic N) is 2. The summed E-state index contributed by atoms with van der Waals surface area (Å²) in [4.78, 5) is 20.6. The molecule has 0 unspecified atom stereocenters. The van der Waals surface area contributed by atoms with Crippen LogP contribution in [0.4, 0.5) is 0 Å². The van der Waals surface area contributed by atoms with Crippen LogP contribution in [0.1, 0.15) is 36.0 Å². The first-order valence-corrected chi connectivity index (χ1v) is 8.61. The van der Waals surface area contributed by atoms with Gasteiger partial charge in [0, 0.05) is 24.5 Å². The van der Waals surface area contributed by atoms with Crippen molar-refractivity contribution in [1.82, 2.24) is 15.3 Å². The number of ether oxygens (including phenoxy) is 2. The fourth-order valence-electron chi connectivity index (χ4n) is 2.92. The number of pyridine rings is 2. The van der Waals surface area contributed by atoms with Crippen molar-refractivity contribution in [3.63, 3.8) is 0 Å². The van der Waals surface area contributed by atoms with Crippen LogP contribution in [0.15, 0.2) is 36.7 Å². The average Bonchev–Trinajstić information content (AvgIpc) is 2.65. The van der Waals surface area contributed by atoms with Crippen LogP contribution in [0.3, 0.4) is 0 Å². The van der Waals surface area contributed by atoms with Crippen molar-refractivity contribution in [2.24, 2.45) is 0 Å². The second kappa shape index (κ2) is 8.16. The van der Waals surface area contributed by atoms with Gasteiger partial charge in [-0.2, -0.15) is 0 Å². The van der Waals surface area contributed by atoms with E-state index in [0.717, 1.165) is 25.7 Å². The third-order valence-electron chi connectivity index (χ3n) is 4.21. The minimum atomic E-state index is -0.159. The highest BCUT2D eigenvalue weighted by Crippen LogP contribution is 2.24. The first kappa shape index (κ1) is 17.5. The maximum atomic E-state index is 12.4. The average molecular weight is 362 g/mol. The molecule has 1 aliphatic rings. The summed E-state index contributed by atoms with van der Waals surface area (Å²) in [6.07, 6.45) is 6.71. The molecule has 0 atom stereocenters. The molecule has 0 spiro atoms. The zero-order valence-electron chi connectivity index (χ0n) is 13.9. The number of nitrogens with one attached hydrogen (secondary N) is 1. The lowest BCUT2D eigenvalue weighted by atomic mass is 9.92. The summed E-state index contributed by atoms with van der Waals surface area (Å²) in [6.45, 7) is 0. The van der Waals surface area contributed by atoms with Crippen LogP contribution in [0.5, 0.6) is 11.8 Å². The van der Waals surface area contributed by atoms with E-state index in [1.807, 2.05) is 0 Å². The van der Waals surface area contributed by atoms with Gasteiger partial charge in [0.1, 0.15) is 11.7 Å². The number of amides is 1. The van der Waals surface area contributed by atoms with Gasteiger partial charge in [-0.05, 0) is 43.9 Å². The van der Waals surface area contributed by atoms with Crippen LogP contribution in [-0.2, 0) is 0 Å². The number of halogens is 1. The molecule has 1 aliphatic carbocycles.